The Morgan fingerprint density at radius 3 is 2.60 bits per heavy atom. The SMILES string of the molecule is Cc1ccc(N2C(=O)NC(=O)[C@@H](C=NCc3ccccn3)C2=O)cc1. The molecule has 25 heavy (non-hydrogen) atoms. The van der Waals surface area contributed by atoms with Gasteiger partial charge in [0.15, 0.2) is 5.92 Å². The molecule has 0 saturated carbocycles. The van der Waals surface area contributed by atoms with E-state index in [1.54, 1.807) is 42.6 Å². The Balaban J connectivity index is 1.79. The van der Waals surface area contributed by atoms with Gasteiger partial charge in [0.2, 0.25) is 5.91 Å². The number of benzene rings is 1. The molecular weight excluding hydrogens is 320 g/mol. The number of carbonyl (C=O) groups is 3. The summed E-state index contributed by atoms with van der Waals surface area (Å²) in [4.78, 5) is 45.9. The highest BCUT2D eigenvalue weighted by atomic mass is 16.2. The van der Waals surface area contributed by atoms with Crippen LogP contribution in [0.2, 0.25) is 0 Å². The maximum absolute atomic E-state index is 12.6. The summed E-state index contributed by atoms with van der Waals surface area (Å²) in [6.45, 7) is 2.15. The highest BCUT2D eigenvalue weighted by Gasteiger charge is 2.40. The number of aliphatic imine (C=N–C) groups is 1. The second kappa shape index (κ2) is 7.04. The molecule has 1 fully saturated rings. The maximum Gasteiger partial charge on any atom is 0.335 e. The van der Waals surface area contributed by atoms with Gasteiger partial charge < -0.3 is 0 Å². The average molecular weight is 336 g/mol. The van der Waals surface area contributed by atoms with Crippen molar-refractivity contribution in [1.82, 2.24) is 10.3 Å². The van der Waals surface area contributed by atoms with Crippen LogP contribution in [0.3, 0.4) is 0 Å². The van der Waals surface area contributed by atoms with Crippen molar-refractivity contribution in [2.75, 3.05) is 4.90 Å². The van der Waals surface area contributed by atoms with Gasteiger partial charge in [-0.05, 0) is 31.2 Å². The number of imide groups is 2. The van der Waals surface area contributed by atoms with Gasteiger partial charge in [-0.15, -0.1) is 0 Å². The van der Waals surface area contributed by atoms with E-state index in [2.05, 4.69) is 15.3 Å². The molecular formula is C18H16N4O3. The van der Waals surface area contributed by atoms with Crippen molar-refractivity contribution in [3.05, 3.63) is 59.9 Å². The van der Waals surface area contributed by atoms with E-state index in [0.29, 0.717) is 11.4 Å². The Hall–Kier alpha value is -3.35. The molecule has 3 rings (SSSR count). The average Bonchev–Trinajstić information content (AvgIpc) is 2.60. The summed E-state index contributed by atoms with van der Waals surface area (Å²) in [7, 11) is 0. The number of aryl methyl sites for hydroxylation is 1. The second-order valence-electron chi connectivity index (χ2n) is 5.59. The summed E-state index contributed by atoms with van der Waals surface area (Å²) >= 11 is 0. The number of anilines is 1. The molecule has 0 spiro atoms. The predicted molar refractivity (Wildman–Crippen MR) is 92.1 cm³/mol. The molecule has 1 atom stereocenters. The lowest BCUT2D eigenvalue weighted by Gasteiger charge is -2.28. The molecule has 1 aliphatic rings. The molecule has 1 saturated heterocycles. The Labute approximate surface area is 144 Å². The van der Waals surface area contributed by atoms with Crippen LogP contribution in [0.1, 0.15) is 11.3 Å². The number of nitrogens with zero attached hydrogens (tertiary/aromatic N) is 3. The highest BCUT2D eigenvalue weighted by Crippen LogP contribution is 2.20. The fraction of sp³-hybridized carbons (Fsp3) is 0.167. The first kappa shape index (κ1) is 16.5. The third-order valence-electron chi connectivity index (χ3n) is 3.73. The molecule has 126 valence electrons. The standard InChI is InChI=1S/C18H16N4O3/c1-12-5-7-14(8-6-12)22-17(24)15(16(23)21-18(22)25)11-19-10-13-4-2-3-9-20-13/h2-9,11,15H,10H2,1H3,(H,21,23,25)/t15-/m1/s1. The van der Waals surface area contributed by atoms with Crippen LogP contribution in [0.25, 0.3) is 0 Å². The van der Waals surface area contributed by atoms with Crippen LogP contribution in [-0.2, 0) is 16.1 Å². The summed E-state index contributed by atoms with van der Waals surface area (Å²) in [5, 5.41) is 2.19. The van der Waals surface area contributed by atoms with Crippen molar-refractivity contribution < 1.29 is 14.4 Å². The number of aromatic nitrogens is 1. The first-order valence-corrected chi connectivity index (χ1v) is 7.71. The van der Waals surface area contributed by atoms with E-state index in [0.717, 1.165) is 10.5 Å². The van der Waals surface area contributed by atoms with Crippen molar-refractivity contribution in [1.29, 1.82) is 0 Å². The second-order valence-corrected chi connectivity index (χ2v) is 5.59. The molecule has 4 amide bonds. The van der Waals surface area contributed by atoms with Gasteiger partial charge in [-0.1, -0.05) is 23.8 Å². The monoisotopic (exact) mass is 336 g/mol. The van der Waals surface area contributed by atoms with Crippen LogP contribution in [0.5, 0.6) is 0 Å². The van der Waals surface area contributed by atoms with E-state index in [9.17, 15) is 14.4 Å². The third kappa shape index (κ3) is 3.60. The molecule has 0 radical (unpaired) electrons. The van der Waals surface area contributed by atoms with Gasteiger partial charge in [-0.25, -0.2) is 9.69 Å². The number of hydrogen-bond donors (Lipinski definition) is 1. The molecule has 1 aromatic heterocycles. The Bertz CT molecular complexity index is 831. The maximum atomic E-state index is 12.6. The van der Waals surface area contributed by atoms with Crippen LogP contribution in [0.15, 0.2) is 53.7 Å². The number of urea groups is 1. The molecule has 0 bridgehead atoms. The van der Waals surface area contributed by atoms with Crippen LogP contribution in [0, 0.1) is 12.8 Å². The summed E-state index contributed by atoms with van der Waals surface area (Å²) in [5.74, 6) is -2.45. The lowest BCUT2D eigenvalue weighted by molar-refractivity contribution is -0.131. The number of nitrogens with one attached hydrogen (secondary N) is 1. The predicted octanol–water partition coefficient (Wildman–Crippen LogP) is 1.86. The quantitative estimate of drug-likeness (QED) is 0.681. The Morgan fingerprint density at radius 1 is 1.16 bits per heavy atom. The molecule has 1 N–H and O–H groups in total. The zero-order chi connectivity index (χ0) is 17.8. The first-order chi connectivity index (χ1) is 12.1. The molecule has 1 aliphatic heterocycles. The number of hydrogen-bond acceptors (Lipinski definition) is 5. The van der Waals surface area contributed by atoms with Gasteiger partial charge in [-0.2, -0.15) is 0 Å². The van der Waals surface area contributed by atoms with Gasteiger partial charge in [0.05, 0.1) is 17.9 Å². The minimum atomic E-state index is -1.15. The number of pyridine rings is 1. The van der Waals surface area contributed by atoms with Crippen LogP contribution >= 0.6 is 0 Å². The summed E-state index contributed by atoms with van der Waals surface area (Å²) in [6.07, 6.45) is 2.90. The van der Waals surface area contributed by atoms with Gasteiger partial charge in [0, 0.05) is 12.4 Å². The van der Waals surface area contributed by atoms with E-state index in [1.165, 1.54) is 6.21 Å². The first-order valence-electron chi connectivity index (χ1n) is 7.71. The van der Waals surface area contributed by atoms with Gasteiger partial charge in [0.25, 0.3) is 5.91 Å². The van der Waals surface area contributed by atoms with Gasteiger partial charge in [0.1, 0.15) is 0 Å². The molecule has 0 aliphatic carbocycles. The lowest BCUT2D eigenvalue weighted by atomic mass is 10.1. The van der Waals surface area contributed by atoms with Crippen molar-refractivity contribution >= 4 is 29.7 Å². The third-order valence-corrected chi connectivity index (χ3v) is 3.73. The largest absolute Gasteiger partial charge is 0.335 e. The van der Waals surface area contributed by atoms with Crippen molar-refractivity contribution in [2.45, 2.75) is 13.5 Å². The minimum absolute atomic E-state index is 0.246. The van der Waals surface area contributed by atoms with E-state index < -0.39 is 23.8 Å². The van der Waals surface area contributed by atoms with E-state index >= 15 is 0 Å². The van der Waals surface area contributed by atoms with Crippen LogP contribution in [-0.4, -0.2) is 29.0 Å². The summed E-state index contributed by atoms with van der Waals surface area (Å²) in [6, 6.07) is 11.5. The Kier molecular flexibility index (Phi) is 4.65. The zero-order valence-corrected chi connectivity index (χ0v) is 13.5. The van der Waals surface area contributed by atoms with Crippen LogP contribution in [0.4, 0.5) is 10.5 Å². The molecule has 7 nitrogen and oxygen atoms in total. The van der Waals surface area contributed by atoms with Crippen molar-refractivity contribution in [3.63, 3.8) is 0 Å². The summed E-state index contributed by atoms with van der Waals surface area (Å²) in [5.41, 5.74) is 2.12. The van der Waals surface area contributed by atoms with Crippen molar-refractivity contribution in [3.8, 4) is 0 Å². The lowest BCUT2D eigenvalue weighted by Crippen LogP contribution is -2.58. The van der Waals surface area contributed by atoms with E-state index in [4.69, 9.17) is 0 Å². The van der Waals surface area contributed by atoms with Gasteiger partial charge >= 0.3 is 6.03 Å². The molecule has 2 aromatic rings. The number of barbiturate groups is 1. The van der Waals surface area contributed by atoms with E-state index in [-0.39, 0.29) is 6.54 Å². The number of amides is 4. The van der Waals surface area contributed by atoms with E-state index in [1.807, 2.05) is 13.0 Å². The van der Waals surface area contributed by atoms with Gasteiger partial charge in [-0.3, -0.25) is 24.9 Å². The van der Waals surface area contributed by atoms with Crippen molar-refractivity contribution in [2.24, 2.45) is 10.9 Å². The Morgan fingerprint density at radius 2 is 1.92 bits per heavy atom. The zero-order valence-electron chi connectivity index (χ0n) is 13.5. The topological polar surface area (TPSA) is 91.7 Å². The molecule has 1 aromatic carbocycles. The fourth-order valence-electron chi connectivity index (χ4n) is 2.40. The fourth-order valence-corrected chi connectivity index (χ4v) is 2.40. The normalized spacial score (nSPS) is 17.9. The molecule has 0 unspecified atom stereocenters. The minimum Gasteiger partial charge on any atom is -0.290 e. The number of rotatable bonds is 4. The number of carbonyl (C=O) groups excluding carboxylic acids is 3. The molecule has 2 heterocycles. The summed E-state index contributed by atoms with van der Waals surface area (Å²) < 4.78 is 0. The smallest absolute Gasteiger partial charge is 0.290 e. The van der Waals surface area contributed by atoms with Crippen LogP contribution < -0.4 is 10.2 Å². The molecule has 7 heteroatoms. The highest BCUT2D eigenvalue weighted by molar-refractivity contribution is 6.32.